The number of esters is 1. The lowest BCUT2D eigenvalue weighted by molar-refractivity contribution is -0.384. The number of carbonyl (C=O) groups excluding carboxylic acids is 1. The van der Waals surface area contributed by atoms with Gasteiger partial charge in [-0.3, -0.25) is 10.1 Å². The van der Waals surface area contributed by atoms with E-state index in [0.29, 0.717) is 5.56 Å². The third-order valence-corrected chi connectivity index (χ3v) is 1.79. The van der Waals surface area contributed by atoms with Crippen molar-refractivity contribution in [3.05, 3.63) is 46.0 Å². The number of nitriles is 1. The second-order valence-electron chi connectivity index (χ2n) is 2.95. The van der Waals surface area contributed by atoms with Gasteiger partial charge in [0.25, 0.3) is 5.69 Å². The molecule has 0 aromatic heterocycles. The highest BCUT2D eigenvalue weighted by Crippen LogP contribution is 2.12. The van der Waals surface area contributed by atoms with E-state index in [2.05, 4.69) is 4.74 Å². The molecule has 17 heavy (non-hydrogen) atoms. The fraction of sp³-hybridized carbons (Fsp3) is 0.0909. The average molecular weight is 232 g/mol. The summed E-state index contributed by atoms with van der Waals surface area (Å²) in [6, 6.07) is 7.34. The van der Waals surface area contributed by atoms with Gasteiger partial charge in [-0.15, -0.1) is 0 Å². The van der Waals surface area contributed by atoms with Crippen LogP contribution in [-0.2, 0) is 9.53 Å². The minimum Gasteiger partial charge on any atom is -0.447 e. The van der Waals surface area contributed by atoms with Gasteiger partial charge >= 0.3 is 5.97 Å². The molecule has 0 radical (unpaired) electrons. The Kier molecular flexibility index (Phi) is 4.39. The van der Waals surface area contributed by atoms with E-state index in [1.54, 1.807) is 6.07 Å². The molecular formula is C11H8N2O4. The molecule has 0 fully saturated rings. The summed E-state index contributed by atoms with van der Waals surface area (Å²) in [5.41, 5.74) is 0.610. The van der Waals surface area contributed by atoms with Crippen molar-refractivity contribution in [2.24, 2.45) is 0 Å². The summed E-state index contributed by atoms with van der Waals surface area (Å²) in [5, 5.41) is 18.5. The molecule has 0 aliphatic rings. The summed E-state index contributed by atoms with van der Waals surface area (Å²) in [4.78, 5) is 20.9. The van der Waals surface area contributed by atoms with Crippen LogP contribution < -0.4 is 0 Å². The molecule has 86 valence electrons. The molecule has 1 rings (SSSR count). The zero-order chi connectivity index (χ0) is 12.7. The van der Waals surface area contributed by atoms with E-state index in [0.717, 1.165) is 6.08 Å². The number of ether oxygens (including phenoxy) is 1. The Morgan fingerprint density at radius 2 is 2.12 bits per heavy atom. The van der Waals surface area contributed by atoms with Crippen LogP contribution in [0.25, 0.3) is 6.08 Å². The summed E-state index contributed by atoms with van der Waals surface area (Å²) in [6.45, 7) is -0.302. The summed E-state index contributed by atoms with van der Waals surface area (Å²) in [5.74, 6) is -0.634. The molecule has 6 nitrogen and oxygen atoms in total. The van der Waals surface area contributed by atoms with E-state index in [1.807, 2.05) is 0 Å². The Balaban J connectivity index is 2.63. The minimum atomic E-state index is -0.634. The van der Waals surface area contributed by atoms with Gasteiger partial charge in [-0.25, -0.2) is 4.79 Å². The maximum Gasteiger partial charge on any atom is 0.331 e. The van der Waals surface area contributed by atoms with Crippen molar-refractivity contribution in [1.82, 2.24) is 0 Å². The van der Waals surface area contributed by atoms with Gasteiger partial charge in [-0.2, -0.15) is 5.26 Å². The summed E-state index contributed by atoms with van der Waals surface area (Å²) in [7, 11) is 0. The van der Waals surface area contributed by atoms with Crippen LogP contribution in [0.1, 0.15) is 5.56 Å². The number of hydrogen-bond acceptors (Lipinski definition) is 5. The molecule has 0 aliphatic carbocycles. The van der Waals surface area contributed by atoms with Gasteiger partial charge < -0.3 is 4.74 Å². The smallest absolute Gasteiger partial charge is 0.331 e. The maximum absolute atomic E-state index is 11.0. The molecule has 1 aromatic carbocycles. The molecule has 0 bridgehead atoms. The van der Waals surface area contributed by atoms with E-state index in [4.69, 9.17) is 5.26 Å². The van der Waals surface area contributed by atoms with Crippen molar-refractivity contribution in [2.45, 2.75) is 0 Å². The van der Waals surface area contributed by atoms with Crippen molar-refractivity contribution in [3.8, 4) is 6.07 Å². The van der Waals surface area contributed by atoms with E-state index in [1.165, 1.54) is 30.3 Å². The SMILES string of the molecule is N#CCOC(=O)C=Cc1ccc([N+](=O)[O-])cc1. The number of nitro groups is 1. The molecule has 0 amide bonds. The molecular weight excluding hydrogens is 224 g/mol. The molecule has 0 saturated carbocycles. The molecule has 0 heterocycles. The Morgan fingerprint density at radius 3 is 2.65 bits per heavy atom. The molecule has 1 aromatic rings. The number of carbonyl (C=O) groups is 1. The van der Waals surface area contributed by atoms with Gasteiger partial charge in [0.1, 0.15) is 6.07 Å². The van der Waals surface area contributed by atoms with E-state index >= 15 is 0 Å². The zero-order valence-electron chi connectivity index (χ0n) is 8.70. The second kappa shape index (κ2) is 6.02. The van der Waals surface area contributed by atoms with Crippen molar-refractivity contribution in [2.75, 3.05) is 6.61 Å². The monoisotopic (exact) mass is 232 g/mol. The molecule has 0 unspecified atom stereocenters. The van der Waals surface area contributed by atoms with Crippen molar-refractivity contribution in [3.63, 3.8) is 0 Å². The van der Waals surface area contributed by atoms with Gasteiger partial charge in [0.15, 0.2) is 6.61 Å². The van der Waals surface area contributed by atoms with Crippen molar-refractivity contribution < 1.29 is 14.5 Å². The molecule has 6 heteroatoms. The Morgan fingerprint density at radius 1 is 1.47 bits per heavy atom. The number of nitro benzene ring substituents is 1. The molecule has 0 atom stereocenters. The predicted molar refractivity (Wildman–Crippen MR) is 58.7 cm³/mol. The van der Waals surface area contributed by atoms with Crippen LogP contribution in [0.2, 0.25) is 0 Å². The first-order valence-electron chi connectivity index (χ1n) is 4.59. The maximum atomic E-state index is 11.0. The number of nitrogens with zero attached hydrogens (tertiary/aromatic N) is 2. The first kappa shape index (κ1) is 12.4. The fourth-order valence-electron chi connectivity index (χ4n) is 1.02. The third kappa shape index (κ3) is 4.13. The standard InChI is InChI=1S/C11H8N2O4/c12-7-8-17-11(14)6-3-9-1-4-10(5-2-9)13(15)16/h1-6H,8H2. The van der Waals surface area contributed by atoms with Gasteiger partial charge in [0.2, 0.25) is 0 Å². The molecule has 0 spiro atoms. The molecule has 0 N–H and O–H groups in total. The topological polar surface area (TPSA) is 93.2 Å². The lowest BCUT2D eigenvalue weighted by Gasteiger charge is -1.94. The average Bonchev–Trinajstić information content (AvgIpc) is 2.34. The minimum absolute atomic E-state index is 0.0193. The Labute approximate surface area is 96.9 Å². The highest BCUT2D eigenvalue weighted by Gasteiger charge is 2.02. The highest BCUT2D eigenvalue weighted by atomic mass is 16.6. The van der Waals surface area contributed by atoms with Crippen LogP contribution in [0.4, 0.5) is 5.69 Å². The summed E-state index contributed by atoms with van der Waals surface area (Å²) >= 11 is 0. The van der Waals surface area contributed by atoms with Crippen LogP contribution in [0.5, 0.6) is 0 Å². The first-order chi connectivity index (χ1) is 8.13. The second-order valence-corrected chi connectivity index (χ2v) is 2.95. The van der Waals surface area contributed by atoms with E-state index in [9.17, 15) is 14.9 Å². The van der Waals surface area contributed by atoms with Crippen LogP contribution in [-0.4, -0.2) is 17.5 Å². The lowest BCUT2D eigenvalue weighted by Crippen LogP contribution is -1.99. The van der Waals surface area contributed by atoms with Crippen molar-refractivity contribution in [1.29, 1.82) is 5.26 Å². The van der Waals surface area contributed by atoms with E-state index < -0.39 is 10.9 Å². The fourth-order valence-corrected chi connectivity index (χ4v) is 1.02. The zero-order valence-corrected chi connectivity index (χ0v) is 8.70. The number of rotatable bonds is 4. The number of benzene rings is 1. The van der Waals surface area contributed by atoms with Crippen LogP contribution in [0.3, 0.4) is 0 Å². The highest BCUT2D eigenvalue weighted by molar-refractivity contribution is 5.87. The first-order valence-corrected chi connectivity index (χ1v) is 4.59. The van der Waals surface area contributed by atoms with Gasteiger partial charge in [-0.05, 0) is 23.8 Å². The quantitative estimate of drug-likeness (QED) is 0.340. The lowest BCUT2D eigenvalue weighted by atomic mass is 10.2. The van der Waals surface area contributed by atoms with Crippen LogP contribution in [0, 0.1) is 21.4 Å². The van der Waals surface area contributed by atoms with E-state index in [-0.39, 0.29) is 12.3 Å². The van der Waals surface area contributed by atoms with Gasteiger partial charge in [0.05, 0.1) is 4.92 Å². The van der Waals surface area contributed by atoms with Crippen molar-refractivity contribution >= 4 is 17.7 Å². The largest absolute Gasteiger partial charge is 0.447 e. The summed E-state index contributed by atoms with van der Waals surface area (Å²) in [6.07, 6.45) is 2.60. The Bertz CT molecular complexity index is 485. The van der Waals surface area contributed by atoms with Gasteiger partial charge in [-0.1, -0.05) is 0 Å². The molecule has 0 saturated heterocycles. The number of non-ortho nitro benzene ring substituents is 1. The normalized spacial score (nSPS) is 9.82. The predicted octanol–water partition coefficient (Wildman–Crippen LogP) is 1.67. The third-order valence-electron chi connectivity index (χ3n) is 1.79. The Hall–Kier alpha value is -2.68. The number of hydrogen-bond donors (Lipinski definition) is 0. The summed E-state index contributed by atoms with van der Waals surface area (Å²) < 4.78 is 4.48. The molecule has 0 aliphatic heterocycles. The van der Waals surface area contributed by atoms with Crippen LogP contribution in [0.15, 0.2) is 30.3 Å². The van der Waals surface area contributed by atoms with Gasteiger partial charge in [0, 0.05) is 18.2 Å². The van der Waals surface area contributed by atoms with Crippen LogP contribution >= 0.6 is 0 Å².